The molecule has 0 fully saturated rings. The van der Waals surface area contributed by atoms with Crippen molar-refractivity contribution in [3.8, 4) is 0 Å². The van der Waals surface area contributed by atoms with Gasteiger partial charge in [0, 0.05) is 12.1 Å². The van der Waals surface area contributed by atoms with Crippen LogP contribution in [-0.4, -0.2) is 10.7 Å². The molecule has 0 heterocycles. The van der Waals surface area contributed by atoms with Crippen LogP contribution in [0.2, 0.25) is 0 Å². The molecule has 0 atom stereocenters. The van der Waals surface area contributed by atoms with Gasteiger partial charge in [0.1, 0.15) is 11.6 Å². The van der Waals surface area contributed by atoms with E-state index in [-0.39, 0.29) is 11.3 Å². The third-order valence-corrected chi connectivity index (χ3v) is 2.72. The maximum atomic E-state index is 13.4. The fraction of sp³-hybridized carbons (Fsp3) is 0. The molecule has 106 valence electrons. The van der Waals surface area contributed by atoms with E-state index in [1.165, 1.54) is 30.3 Å². The molecule has 6 heteroatoms. The van der Waals surface area contributed by atoms with Crippen LogP contribution in [0.5, 0.6) is 0 Å². The average Bonchev–Trinajstić information content (AvgIpc) is 2.47. The van der Waals surface area contributed by atoms with Crippen molar-refractivity contribution in [3.05, 3.63) is 81.4 Å². The van der Waals surface area contributed by atoms with Crippen LogP contribution in [0, 0.1) is 21.7 Å². The van der Waals surface area contributed by atoms with Crippen LogP contribution in [0.15, 0.2) is 48.5 Å². The number of carbonyl (C=O) groups excluding carboxylic acids is 1. The Bertz CT molecular complexity index is 724. The first-order chi connectivity index (χ1) is 9.97. The van der Waals surface area contributed by atoms with Crippen LogP contribution < -0.4 is 0 Å². The highest BCUT2D eigenvalue weighted by atomic mass is 19.1. The number of non-ortho nitro benzene ring substituents is 1. The summed E-state index contributed by atoms with van der Waals surface area (Å²) in [6, 6.07) is 8.08. The van der Waals surface area contributed by atoms with E-state index in [1.807, 2.05) is 0 Å². The molecule has 0 aliphatic carbocycles. The van der Waals surface area contributed by atoms with Gasteiger partial charge in [-0.25, -0.2) is 8.78 Å². The van der Waals surface area contributed by atoms with E-state index in [4.69, 9.17) is 0 Å². The van der Waals surface area contributed by atoms with Crippen molar-refractivity contribution in [2.45, 2.75) is 0 Å². The Morgan fingerprint density at radius 2 is 1.76 bits per heavy atom. The number of nitro groups is 1. The van der Waals surface area contributed by atoms with Gasteiger partial charge in [-0.3, -0.25) is 14.9 Å². The van der Waals surface area contributed by atoms with E-state index in [0.717, 1.165) is 24.3 Å². The first-order valence-corrected chi connectivity index (χ1v) is 5.89. The number of ketones is 1. The van der Waals surface area contributed by atoms with Gasteiger partial charge >= 0.3 is 0 Å². The van der Waals surface area contributed by atoms with Crippen LogP contribution in [-0.2, 0) is 0 Å². The second kappa shape index (κ2) is 6.04. The molecule has 2 rings (SSSR count). The van der Waals surface area contributed by atoms with Gasteiger partial charge in [-0.2, -0.15) is 0 Å². The first-order valence-electron chi connectivity index (χ1n) is 5.89. The van der Waals surface area contributed by atoms with Gasteiger partial charge in [0.25, 0.3) is 5.69 Å². The number of nitro benzene ring substituents is 1. The molecule has 0 bridgehead atoms. The Hall–Kier alpha value is -2.89. The number of carbonyl (C=O) groups is 1. The molecule has 0 aliphatic heterocycles. The number of nitrogens with zero attached hydrogens (tertiary/aromatic N) is 1. The fourth-order valence-corrected chi connectivity index (χ4v) is 1.66. The molecule has 2 aromatic rings. The molecule has 0 saturated carbocycles. The van der Waals surface area contributed by atoms with E-state index in [2.05, 4.69) is 0 Å². The average molecular weight is 289 g/mol. The van der Waals surface area contributed by atoms with Gasteiger partial charge in [-0.15, -0.1) is 0 Å². The molecular weight excluding hydrogens is 280 g/mol. The summed E-state index contributed by atoms with van der Waals surface area (Å²) in [5.41, 5.74) is 0.0913. The van der Waals surface area contributed by atoms with Crippen molar-refractivity contribution < 1.29 is 18.5 Å². The molecule has 0 aliphatic rings. The number of rotatable bonds is 4. The lowest BCUT2D eigenvalue weighted by atomic mass is 10.1. The summed E-state index contributed by atoms with van der Waals surface area (Å²) in [5, 5.41) is 10.5. The van der Waals surface area contributed by atoms with Crippen molar-refractivity contribution in [2.75, 3.05) is 0 Å². The maximum Gasteiger partial charge on any atom is 0.269 e. The second-order valence-electron chi connectivity index (χ2n) is 4.17. The number of hydrogen-bond donors (Lipinski definition) is 0. The normalized spacial score (nSPS) is 10.8. The van der Waals surface area contributed by atoms with Crippen molar-refractivity contribution in [3.63, 3.8) is 0 Å². The quantitative estimate of drug-likeness (QED) is 0.372. The highest BCUT2D eigenvalue weighted by molar-refractivity contribution is 6.07. The lowest BCUT2D eigenvalue weighted by molar-refractivity contribution is -0.384. The summed E-state index contributed by atoms with van der Waals surface area (Å²) < 4.78 is 26.4. The van der Waals surface area contributed by atoms with Crippen LogP contribution in [0.4, 0.5) is 14.5 Å². The van der Waals surface area contributed by atoms with E-state index in [1.54, 1.807) is 0 Å². The largest absolute Gasteiger partial charge is 0.289 e. The minimum Gasteiger partial charge on any atom is -0.289 e. The third-order valence-electron chi connectivity index (χ3n) is 2.72. The smallest absolute Gasteiger partial charge is 0.269 e. The second-order valence-corrected chi connectivity index (χ2v) is 4.17. The van der Waals surface area contributed by atoms with Gasteiger partial charge in [-0.05, 0) is 42.0 Å². The van der Waals surface area contributed by atoms with Crippen molar-refractivity contribution in [1.82, 2.24) is 0 Å². The van der Waals surface area contributed by atoms with Gasteiger partial charge in [0.2, 0.25) is 0 Å². The SMILES string of the molecule is O=C(/C=C/c1ccc([N+](=O)[O-])cc1)c1cc(F)ccc1F. The zero-order valence-electron chi connectivity index (χ0n) is 10.6. The maximum absolute atomic E-state index is 13.4. The van der Waals surface area contributed by atoms with Crippen molar-refractivity contribution in [1.29, 1.82) is 0 Å². The number of benzene rings is 2. The number of allylic oxidation sites excluding steroid dienone is 1. The molecule has 4 nitrogen and oxygen atoms in total. The summed E-state index contributed by atoms with van der Waals surface area (Å²) in [4.78, 5) is 21.7. The van der Waals surface area contributed by atoms with Crippen molar-refractivity contribution in [2.24, 2.45) is 0 Å². The molecule has 0 saturated heterocycles. The predicted molar refractivity (Wildman–Crippen MR) is 72.8 cm³/mol. The van der Waals surface area contributed by atoms with Gasteiger partial charge < -0.3 is 0 Å². The standard InChI is InChI=1S/C15H9F2NO3/c16-11-4-7-14(17)13(9-11)15(19)8-3-10-1-5-12(6-2-10)18(20)21/h1-9H/b8-3+. The van der Waals surface area contributed by atoms with E-state index < -0.39 is 22.3 Å². The Morgan fingerprint density at radius 1 is 1.10 bits per heavy atom. The number of halogens is 2. The molecule has 0 spiro atoms. The third kappa shape index (κ3) is 3.56. The zero-order valence-corrected chi connectivity index (χ0v) is 10.6. The van der Waals surface area contributed by atoms with Crippen LogP contribution in [0.3, 0.4) is 0 Å². The molecule has 0 aromatic heterocycles. The summed E-state index contributed by atoms with van der Waals surface area (Å²) in [6.45, 7) is 0. The van der Waals surface area contributed by atoms with Crippen LogP contribution >= 0.6 is 0 Å². The summed E-state index contributed by atoms with van der Waals surface area (Å²) in [5.74, 6) is -2.21. The molecular formula is C15H9F2NO3. The highest BCUT2D eigenvalue weighted by Gasteiger charge is 2.10. The van der Waals surface area contributed by atoms with Gasteiger partial charge in [0.05, 0.1) is 10.5 Å². The Morgan fingerprint density at radius 3 is 2.38 bits per heavy atom. The zero-order chi connectivity index (χ0) is 15.4. The minimum atomic E-state index is -0.810. The summed E-state index contributed by atoms with van der Waals surface area (Å²) in [6.07, 6.45) is 2.45. The molecule has 0 amide bonds. The Kier molecular flexibility index (Phi) is 4.18. The predicted octanol–water partition coefficient (Wildman–Crippen LogP) is 3.77. The first kappa shape index (κ1) is 14.5. The van der Waals surface area contributed by atoms with Crippen LogP contribution in [0.25, 0.3) is 6.08 Å². The van der Waals surface area contributed by atoms with E-state index >= 15 is 0 Å². The summed E-state index contributed by atoms with van der Waals surface area (Å²) >= 11 is 0. The Labute approximate surface area is 118 Å². The monoisotopic (exact) mass is 289 g/mol. The lowest BCUT2D eigenvalue weighted by Gasteiger charge is -1.99. The molecule has 0 N–H and O–H groups in total. The van der Waals surface area contributed by atoms with Gasteiger partial charge in [-0.1, -0.05) is 6.08 Å². The summed E-state index contributed by atoms with van der Waals surface area (Å²) in [7, 11) is 0. The van der Waals surface area contributed by atoms with Gasteiger partial charge in [0.15, 0.2) is 5.78 Å². The molecule has 0 unspecified atom stereocenters. The lowest BCUT2D eigenvalue weighted by Crippen LogP contribution is -1.99. The fourth-order valence-electron chi connectivity index (χ4n) is 1.66. The molecule has 2 aromatic carbocycles. The number of hydrogen-bond acceptors (Lipinski definition) is 3. The minimum absolute atomic E-state index is 0.0744. The van der Waals surface area contributed by atoms with E-state index in [9.17, 15) is 23.7 Å². The molecule has 0 radical (unpaired) electrons. The topological polar surface area (TPSA) is 60.2 Å². The van der Waals surface area contributed by atoms with Crippen molar-refractivity contribution >= 4 is 17.5 Å². The Balaban J connectivity index is 2.18. The molecule has 21 heavy (non-hydrogen) atoms. The highest BCUT2D eigenvalue weighted by Crippen LogP contribution is 2.15. The van der Waals surface area contributed by atoms with Crippen LogP contribution in [0.1, 0.15) is 15.9 Å². The van der Waals surface area contributed by atoms with E-state index in [0.29, 0.717) is 5.56 Å².